The van der Waals surface area contributed by atoms with Gasteiger partial charge in [-0.05, 0) is 12.8 Å². The molecule has 0 N–H and O–H groups in total. The molecule has 0 radical (unpaired) electrons. The summed E-state index contributed by atoms with van der Waals surface area (Å²) >= 11 is 0. The molecule has 0 aromatic heterocycles. The van der Waals surface area contributed by atoms with Crippen LogP contribution in [0.5, 0.6) is 0 Å². The Balaban J connectivity index is 1.80. The van der Waals surface area contributed by atoms with E-state index in [2.05, 4.69) is 13.8 Å². The lowest BCUT2D eigenvalue weighted by Gasteiger charge is -2.23. The van der Waals surface area contributed by atoms with Gasteiger partial charge in [0.25, 0.3) is 0 Å². The normalized spacial score (nSPS) is 36.0. The van der Waals surface area contributed by atoms with Crippen LogP contribution in [0.3, 0.4) is 0 Å². The number of unbranched alkanes of at least 4 members (excludes halogenated alkanes) is 3. The highest BCUT2D eigenvalue weighted by Crippen LogP contribution is 2.44. The third-order valence-electron chi connectivity index (χ3n) is 4.16. The first-order chi connectivity index (χ1) is 8.20. The maximum atomic E-state index is 11.3. The molecule has 3 nitrogen and oxygen atoms in total. The van der Waals surface area contributed by atoms with Crippen molar-refractivity contribution < 1.29 is 14.3 Å². The predicted octanol–water partition coefficient (Wildman–Crippen LogP) is 3.21. The van der Waals surface area contributed by atoms with Crippen molar-refractivity contribution >= 4 is 5.97 Å². The minimum absolute atomic E-state index is 0.0242. The van der Waals surface area contributed by atoms with Crippen molar-refractivity contribution in [2.24, 2.45) is 0 Å². The van der Waals surface area contributed by atoms with Crippen molar-refractivity contribution in [1.29, 1.82) is 0 Å². The smallest absolute Gasteiger partial charge is 0.309 e. The molecule has 2 saturated heterocycles. The van der Waals surface area contributed by atoms with E-state index in [1.165, 1.54) is 25.7 Å². The van der Waals surface area contributed by atoms with Crippen LogP contribution in [0.25, 0.3) is 0 Å². The van der Waals surface area contributed by atoms with Crippen molar-refractivity contribution in [3.63, 3.8) is 0 Å². The second-order valence-electron chi connectivity index (χ2n) is 5.40. The van der Waals surface area contributed by atoms with E-state index < -0.39 is 0 Å². The molecule has 2 aliphatic heterocycles. The predicted molar refractivity (Wildman–Crippen MR) is 65.8 cm³/mol. The fourth-order valence-corrected chi connectivity index (χ4v) is 3.10. The van der Waals surface area contributed by atoms with Crippen molar-refractivity contribution in [1.82, 2.24) is 0 Å². The summed E-state index contributed by atoms with van der Waals surface area (Å²) in [5.41, 5.74) is -0.285. The summed E-state index contributed by atoms with van der Waals surface area (Å²) in [4.78, 5) is 11.3. The fraction of sp³-hybridized carbons (Fsp3) is 0.929. The molecule has 2 heterocycles. The molecular formula is C14H24O3. The van der Waals surface area contributed by atoms with Gasteiger partial charge in [-0.25, -0.2) is 0 Å². The Morgan fingerprint density at radius 3 is 2.76 bits per heavy atom. The minimum Gasteiger partial charge on any atom is -0.456 e. The zero-order chi connectivity index (χ0) is 12.3. The molecular weight excluding hydrogens is 216 g/mol. The summed E-state index contributed by atoms with van der Waals surface area (Å²) < 4.78 is 11.5. The van der Waals surface area contributed by atoms with Gasteiger partial charge in [-0.3, -0.25) is 4.79 Å². The van der Waals surface area contributed by atoms with Crippen LogP contribution in [0.1, 0.15) is 65.2 Å². The first-order valence-electron chi connectivity index (χ1n) is 7.07. The third-order valence-corrected chi connectivity index (χ3v) is 4.16. The van der Waals surface area contributed by atoms with E-state index >= 15 is 0 Å². The van der Waals surface area contributed by atoms with Gasteiger partial charge in [-0.2, -0.15) is 0 Å². The molecule has 17 heavy (non-hydrogen) atoms. The Morgan fingerprint density at radius 1 is 1.29 bits per heavy atom. The zero-order valence-corrected chi connectivity index (χ0v) is 11.0. The largest absolute Gasteiger partial charge is 0.456 e. The Kier molecular flexibility index (Phi) is 4.08. The first kappa shape index (κ1) is 12.9. The van der Waals surface area contributed by atoms with Crippen molar-refractivity contribution in [3.05, 3.63) is 0 Å². The highest BCUT2D eigenvalue weighted by atomic mass is 16.6. The highest BCUT2D eigenvalue weighted by molar-refractivity contribution is 5.73. The zero-order valence-electron chi connectivity index (χ0n) is 11.0. The van der Waals surface area contributed by atoms with Gasteiger partial charge in [0.05, 0.1) is 12.5 Å². The topological polar surface area (TPSA) is 35.5 Å². The molecule has 0 amide bonds. The second-order valence-corrected chi connectivity index (χ2v) is 5.40. The molecule has 3 heteroatoms. The lowest BCUT2D eigenvalue weighted by atomic mass is 9.90. The molecule has 3 atom stereocenters. The maximum absolute atomic E-state index is 11.3. The lowest BCUT2D eigenvalue weighted by molar-refractivity contribution is -0.148. The molecule has 98 valence electrons. The molecule has 2 rings (SSSR count). The number of rotatable bonds is 6. The summed E-state index contributed by atoms with van der Waals surface area (Å²) in [6.45, 7) is 4.32. The average Bonchev–Trinajstić information content (AvgIpc) is 2.77. The van der Waals surface area contributed by atoms with Crippen LogP contribution in [0.4, 0.5) is 0 Å². The number of carbonyl (C=O) groups is 1. The molecule has 0 spiro atoms. The van der Waals surface area contributed by atoms with Crippen molar-refractivity contribution in [3.8, 4) is 0 Å². The second kappa shape index (κ2) is 5.38. The van der Waals surface area contributed by atoms with Gasteiger partial charge in [-0.15, -0.1) is 0 Å². The van der Waals surface area contributed by atoms with Gasteiger partial charge in [0.1, 0.15) is 11.7 Å². The molecule has 0 aliphatic carbocycles. The van der Waals surface area contributed by atoms with Gasteiger partial charge in [0, 0.05) is 6.42 Å². The molecule has 2 fully saturated rings. The molecule has 0 aromatic carbocycles. The first-order valence-corrected chi connectivity index (χ1v) is 7.07. The maximum Gasteiger partial charge on any atom is 0.309 e. The Morgan fingerprint density at radius 2 is 2.12 bits per heavy atom. The minimum atomic E-state index is -0.285. The van der Waals surface area contributed by atoms with Gasteiger partial charge in [-0.1, -0.05) is 39.5 Å². The van der Waals surface area contributed by atoms with E-state index in [4.69, 9.17) is 9.47 Å². The average molecular weight is 240 g/mol. The van der Waals surface area contributed by atoms with Gasteiger partial charge in [0.15, 0.2) is 0 Å². The van der Waals surface area contributed by atoms with Crippen LogP contribution in [-0.2, 0) is 14.3 Å². The number of esters is 1. The Hall–Kier alpha value is -0.570. The van der Waals surface area contributed by atoms with Crippen LogP contribution in [0.2, 0.25) is 0 Å². The fourth-order valence-electron chi connectivity index (χ4n) is 3.10. The van der Waals surface area contributed by atoms with Crippen molar-refractivity contribution in [2.45, 2.75) is 83.0 Å². The Bertz CT molecular complexity index is 277. The van der Waals surface area contributed by atoms with Crippen LogP contribution in [0, 0.1) is 0 Å². The number of hydrogen-bond acceptors (Lipinski definition) is 3. The van der Waals surface area contributed by atoms with Crippen molar-refractivity contribution in [2.75, 3.05) is 0 Å². The number of hydrogen-bond donors (Lipinski definition) is 0. The van der Waals surface area contributed by atoms with Gasteiger partial charge < -0.3 is 9.47 Å². The monoisotopic (exact) mass is 240 g/mol. The standard InChI is InChI=1S/C14H24O3/c1-3-5-6-7-8-11-10-14(4-2)12(16-11)9-13(15)17-14/h11-12H,3-10H2,1-2H3/t11-,12+,14+/m0/s1. The molecule has 0 aromatic rings. The van der Waals surface area contributed by atoms with E-state index in [0.29, 0.717) is 12.5 Å². The Labute approximate surface area is 104 Å². The van der Waals surface area contributed by atoms with E-state index in [0.717, 1.165) is 19.3 Å². The van der Waals surface area contributed by atoms with Gasteiger partial charge >= 0.3 is 5.97 Å². The van der Waals surface area contributed by atoms with E-state index in [-0.39, 0.29) is 17.7 Å². The van der Waals surface area contributed by atoms with E-state index in [1.54, 1.807) is 0 Å². The number of ether oxygens (including phenoxy) is 2. The van der Waals surface area contributed by atoms with Crippen LogP contribution < -0.4 is 0 Å². The summed E-state index contributed by atoms with van der Waals surface area (Å²) in [6, 6.07) is 0. The number of carbonyl (C=O) groups excluding carboxylic acids is 1. The SMILES string of the molecule is CCCCCC[C@H]1C[C@@]2(CC)OC(=O)C[C@H]2O1. The summed E-state index contributed by atoms with van der Waals surface area (Å²) in [5, 5.41) is 0. The van der Waals surface area contributed by atoms with E-state index in [9.17, 15) is 4.79 Å². The van der Waals surface area contributed by atoms with E-state index in [1.807, 2.05) is 0 Å². The molecule has 2 aliphatic rings. The summed E-state index contributed by atoms with van der Waals surface area (Å²) in [5.74, 6) is -0.0821. The molecule has 0 bridgehead atoms. The van der Waals surface area contributed by atoms with Gasteiger partial charge in [0.2, 0.25) is 0 Å². The van der Waals surface area contributed by atoms with Crippen LogP contribution in [-0.4, -0.2) is 23.8 Å². The third kappa shape index (κ3) is 2.65. The quantitative estimate of drug-likeness (QED) is 0.528. The summed E-state index contributed by atoms with van der Waals surface area (Å²) in [7, 11) is 0. The lowest BCUT2D eigenvalue weighted by Crippen LogP contribution is -2.34. The molecule has 0 unspecified atom stereocenters. The number of fused-ring (bicyclic) bond motifs is 1. The molecule has 0 saturated carbocycles. The highest BCUT2D eigenvalue weighted by Gasteiger charge is 2.55. The van der Waals surface area contributed by atoms with Crippen LogP contribution in [0.15, 0.2) is 0 Å². The summed E-state index contributed by atoms with van der Waals surface area (Å²) in [6.07, 6.45) is 8.81. The van der Waals surface area contributed by atoms with Crippen LogP contribution >= 0.6 is 0 Å².